The predicted molar refractivity (Wildman–Crippen MR) is 80.2 cm³/mol. The van der Waals surface area contributed by atoms with E-state index in [4.69, 9.17) is 5.73 Å². The molecule has 3 nitrogen and oxygen atoms in total. The minimum absolute atomic E-state index is 0.448. The Kier molecular flexibility index (Phi) is 4.78. The van der Waals surface area contributed by atoms with Crippen LogP contribution >= 0.6 is 0 Å². The van der Waals surface area contributed by atoms with Gasteiger partial charge in [0.1, 0.15) is 0 Å². The Morgan fingerprint density at radius 1 is 0.789 bits per heavy atom. The minimum atomic E-state index is 0.448. The Bertz CT molecular complexity index is 267. The summed E-state index contributed by atoms with van der Waals surface area (Å²) in [6, 6.07) is 1.14. The zero-order valence-corrected chi connectivity index (χ0v) is 12.4. The molecule has 0 aromatic heterocycles. The monoisotopic (exact) mass is 265 g/mol. The van der Waals surface area contributed by atoms with Crippen LogP contribution in [0.15, 0.2) is 0 Å². The van der Waals surface area contributed by atoms with E-state index < -0.39 is 0 Å². The van der Waals surface area contributed by atoms with E-state index in [-0.39, 0.29) is 0 Å². The number of likely N-dealkylation sites (tertiary alicyclic amines) is 2. The molecule has 110 valence electrons. The third kappa shape index (κ3) is 3.50. The van der Waals surface area contributed by atoms with Crippen molar-refractivity contribution >= 4 is 0 Å². The van der Waals surface area contributed by atoms with Crippen molar-refractivity contribution in [1.82, 2.24) is 9.80 Å². The first kappa shape index (κ1) is 13.8. The Hall–Kier alpha value is -0.120. The lowest BCUT2D eigenvalue weighted by Crippen LogP contribution is -2.52. The molecule has 1 aliphatic carbocycles. The van der Waals surface area contributed by atoms with Crippen LogP contribution in [0.5, 0.6) is 0 Å². The lowest BCUT2D eigenvalue weighted by Gasteiger charge is -2.42. The SMILES string of the molecule is NC1CCCCC1N1CCC(CN2CCCC2)CC1. The standard InChI is InChI=1S/C16H31N3/c17-15-5-1-2-6-16(15)19-11-7-14(8-12-19)13-18-9-3-4-10-18/h14-16H,1-13,17H2. The molecule has 0 bridgehead atoms. The molecule has 2 saturated heterocycles. The van der Waals surface area contributed by atoms with Crippen molar-refractivity contribution in [3.63, 3.8) is 0 Å². The molecule has 0 aromatic carbocycles. The number of hydrogen-bond donors (Lipinski definition) is 1. The highest BCUT2D eigenvalue weighted by molar-refractivity contribution is 4.88. The van der Waals surface area contributed by atoms with Crippen LogP contribution in [0.1, 0.15) is 51.4 Å². The second-order valence-corrected chi connectivity index (χ2v) is 7.00. The van der Waals surface area contributed by atoms with Crippen molar-refractivity contribution in [2.45, 2.75) is 63.5 Å². The van der Waals surface area contributed by atoms with Gasteiger partial charge in [-0.2, -0.15) is 0 Å². The van der Waals surface area contributed by atoms with Gasteiger partial charge in [0, 0.05) is 18.6 Å². The van der Waals surface area contributed by atoms with Crippen molar-refractivity contribution in [3.8, 4) is 0 Å². The minimum Gasteiger partial charge on any atom is -0.326 e. The van der Waals surface area contributed by atoms with Gasteiger partial charge in [-0.3, -0.25) is 4.90 Å². The summed E-state index contributed by atoms with van der Waals surface area (Å²) in [5.41, 5.74) is 6.33. The highest BCUT2D eigenvalue weighted by Crippen LogP contribution is 2.27. The van der Waals surface area contributed by atoms with Crippen LogP contribution in [0.2, 0.25) is 0 Å². The number of nitrogens with zero attached hydrogens (tertiary/aromatic N) is 2. The highest BCUT2D eigenvalue weighted by Gasteiger charge is 2.31. The van der Waals surface area contributed by atoms with E-state index in [1.54, 1.807) is 0 Å². The lowest BCUT2D eigenvalue weighted by atomic mass is 9.87. The van der Waals surface area contributed by atoms with E-state index in [9.17, 15) is 0 Å². The summed E-state index contributed by atoms with van der Waals surface area (Å²) in [5, 5.41) is 0. The van der Waals surface area contributed by atoms with Crippen molar-refractivity contribution in [3.05, 3.63) is 0 Å². The third-order valence-corrected chi connectivity index (χ3v) is 5.61. The topological polar surface area (TPSA) is 32.5 Å². The molecule has 3 aliphatic rings. The summed E-state index contributed by atoms with van der Waals surface area (Å²) in [7, 11) is 0. The average Bonchev–Trinajstić information content (AvgIpc) is 2.93. The van der Waals surface area contributed by atoms with Crippen LogP contribution in [0, 0.1) is 5.92 Å². The zero-order valence-electron chi connectivity index (χ0n) is 12.4. The van der Waals surface area contributed by atoms with Crippen LogP contribution < -0.4 is 5.73 Å². The van der Waals surface area contributed by atoms with Gasteiger partial charge in [-0.15, -0.1) is 0 Å². The van der Waals surface area contributed by atoms with Crippen molar-refractivity contribution in [2.75, 3.05) is 32.7 Å². The number of nitrogens with two attached hydrogens (primary N) is 1. The molecular formula is C16H31N3. The highest BCUT2D eigenvalue weighted by atomic mass is 15.2. The maximum Gasteiger partial charge on any atom is 0.0247 e. The van der Waals surface area contributed by atoms with Crippen LogP contribution in [0.25, 0.3) is 0 Å². The first-order valence-corrected chi connectivity index (χ1v) is 8.55. The van der Waals surface area contributed by atoms with Gasteiger partial charge in [0.2, 0.25) is 0 Å². The molecule has 3 heteroatoms. The second-order valence-electron chi connectivity index (χ2n) is 7.00. The molecule has 2 aliphatic heterocycles. The Morgan fingerprint density at radius 2 is 1.47 bits per heavy atom. The number of rotatable bonds is 3. The number of hydrogen-bond acceptors (Lipinski definition) is 3. The lowest BCUT2D eigenvalue weighted by molar-refractivity contribution is 0.0839. The van der Waals surface area contributed by atoms with E-state index in [1.807, 2.05) is 0 Å². The molecule has 0 spiro atoms. The van der Waals surface area contributed by atoms with E-state index in [2.05, 4.69) is 9.80 Å². The van der Waals surface area contributed by atoms with Crippen LogP contribution in [-0.4, -0.2) is 54.6 Å². The van der Waals surface area contributed by atoms with Gasteiger partial charge in [0.25, 0.3) is 0 Å². The van der Waals surface area contributed by atoms with E-state index >= 15 is 0 Å². The average molecular weight is 265 g/mol. The predicted octanol–water partition coefficient (Wildman–Crippen LogP) is 2.06. The molecule has 19 heavy (non-hydrogen) atoms. The first-order chi connectivity index (χ1) is 9.33. The molecule has 1 saturated carbocycles. The summed E-state index contributed by atoms with van der Waals surface area (Å²) in [5.74, 6) is 0.953. The van der Waals surface area contributed by atoms with Crippen molar-refractivity contribution < 1.29 is 0 Å². The maximum atomic E-state index is 6.33. The van der Waals surface area contributed by atoms with E-state index in [0.717, 1.165) is 5.92 Å². The fraction of sp³-hybridized carbons (Fsp3) is 1.00. The molecule has 0 amide bonds. The van der Waals surface area contributed by atoms with Crippen molar-refractivity contribution in [2.24, 2.45) is 11.7 Å². The smallest absolute Gasteiger partial charge is 0.0247 e. The molecule has 2 unspecified atom stereocenters. The summed E-state index contributed by atoms with van der Waals surface area (Å²) >= 11 is 0. The molecule has 3 fully saturated rings. The molecule has 2 atom stereocenters. The normalized spacial score (nSPS) is 35.8. The summed E-state index contributed by atoms with van der Waals surface area (Å²) in [6.45, 7) is 6.68. The molecule has 3 rings (SSSR count). The van der Waals surface area contributed by atoms with Gasteiger partial charge in [-0.05, 0) is 70.6 Å². The summed E-state index contributed by atoms with van der Waals surface area (Å²) in [4.78, 5) is 5.40. The molecule has 2 N–H and O–H groups in total. The number of piperidine rings is 1. The fourth-order valence-electron chi connectivity index (χ4n) is 4.39. The second kappa shape index (κ2) is 6.55. The Balaban J connectivity index is 1.43. The van der Waals surface area contributed by atoms with Gasteiger partial charge in [0.15, 0.2) is 0 Å². The van der Waals surface area contributed by atoms with Gasteiger partial charge < -0.3 is 10.6 Å². The van der Waals surface area contributed by atoms with Crippen molar-refractivity contribution in [1.29, 1.82) is 0 Å². The van der Waals surface area contributed by atoms with Crippen LogP contribution in [-0.2, 0) is 0 Å². The first-order valence-electron chi connectivity index (χ1n) is 8.55. The zero-order chi connectivity index (χ0) is 13.1. The van der Waals surface area contributed by atoms with Gasteiger partial charge in [-0.1, -0.05) is 12.8 Å². The maximum absolute atomic E-state index is 6.33. The van der Waals surface area contributed by atoms with Gasteiger partial charge in [-0.25, -0.2) is 0 Å². The molecule has 0 aromatic rings. The summed E-state index contributed by atoms with van der Waals surface area (Å²) in [6.07, 6.45) is 11.0. The molecule has 0 radical (unpaired) electrons. The van der Waals surface area contributed by atoms with Crippen LogP contribution in [0.3, 0.4) is 0 Å². The van der Waals surface area contributed by atoms with E-state index in [1.165, 1.54) is 84.1 Å². The van der Waals surface area contributed by atoms with E-state index in [0.29, 0.717) is 12.1 Å². The largest absolute Gasteiger partial charge is 0.326 e. The fourth-order valence-corrected chi connectivity index (χ4v) is 4.39. The third-order valence-electron chi connectivity index (χ3n) is 5.61. The summed E-state index contributed by atoms with van der Waals surface area (Å²) < 4.78 is 0. The van der Waals surface area contributed by atoms with Crippen LogP contribution in [0.4, 0.5) is 0 Å². The Morgan fingerprint density at radius 3 is 2.16 bits per heavy atom. The molecule has 2 heterocycles. The van der Waals surface area contributed by atoms with Gasteiger partial charge in [0.05, 0.1) is 0 Å². The Labute approximate surface area is 118 Å². The quantitative estimate of drug-likeness (QED) is 0.848. The van der Waals surface area contributed by atoms with Gasteiger partial charge >= 0.3 is 0 Å². The molecular weight excluding hydrogens is 234 g/mol.